The Labute approximate surface area is 96.5 Å². The highest BCUT2D eigenvalue weighted by molar-refractivity contribution is 7.86. The van der Waals surface area contributed by atoms with E-state index in [2.05, 4.69) is 10.0 Å². The fourth-order valence-electron chi connectivity index (χ4n) is 1.18. The van der Waals surface area contributed by atoms with Gasteiger partial charge in [0.25, 0.3) is 0 Å². The molecule has 10 heteroatoms. The van der Waals surface area contributed by atoms with Crippen LogP contribution in [0.5, 0.6) is 0 Å². The summed E-state index contributed by atoms with van der Waals surface area (Å²) in [6.45, 7) is -0.223. The third kappa shape index (κ3) is 3.72. The van der Waals surface area contributed by atoms with Crippen molar-refractivity contribution in [3.8, 4) is 0 Å². The van der Waals surface area contributed by atoms with Crippen LogP contribution < -0.4 is 5.46 Å². The maximum absolute atomic E-state index is 12.8. The van der Waals surface area contributed by atoms with Crippen molar-refractivity contribution >= 4 is 22.8 Å². The summed E-state index contributed by atoms with van der Waals surface area (Å²) in [5, 5.41) is 21.0. The topological polar surface area (TPSA) is 123 Å². The highest BCUT2D eigenvalue weighted by atomic mass is 32.3. The highest BCUT2D eigenvalue weighted by Gasteiger charge is 2.19. The van der Waals surface area contributed by atoms with Gasteiger partial charge in [-0.25, -0.2) is 0 Å². The molecular weight excluding hydrogens is 252 g/mol. The van der Waals surface area contributed by atoms with Crippen molar-refractivity contribution in [2.24, 2.45) is 5.11 Å². The van der Waals surface area contributed by atoms with Crippen LogP contribution in [-0.4, -0.2) is 25.6 Å². The zero-order valence-electron chi connectivity index (χ0n) is 8.36. The fraction of sp³-hybridized carbons (Fsp3) is 0.143. The van der Waals surface area contributed by atoms with Crippen molar-refractivity contribution < 1.29 is 22.4 Å². The van der Waals surface area contributed by atoms with Gasteiger partial charge in [-0.05, 0) is 28.7 Å². The molecule has 0 spiro atoms. The molecule has 2 N–H and O–H groups in total. The van der Waals surface area contributed by atoms with Gasteiger partial charge in [0.2, 0.25) is 0 Å². The second kappa shape index (κ2) is 5.15. The molecule has 0 saturated carbocycles. The Morgan fingerprint density at radius 1 is 1.41 bits per heavy atom. The maximum Gasteiger partial charge on any atom is 0.488 e. The predicted octanol–water partition coefficient (Wildman–Crippen LogP) is -0.165. The van der Waals surface area contributed by atoms with Crippen LogP contribution in [-0.2, 0) is 16.8 Å². The second-order valence-electron chi connectivity index (χ2n) is 3.11. The summed E-state index contributed by atoms with van der Waals surface area (Å²) in [4.78, 5) is 1.74. The molecule has 0 aliphatic rings. The van der Waals surface area contributed by atoms with E-state index < -0.39 is 22.2 Å². The molecule has 0 amide bonds. The van der Waals surface area contributed by atoms with Crippen LogP contribution in [0.3, 0.4) is 0 Å². The summed E-state index contributed by atoms with van der Waals surface area (Å²) in [7, 11) is -6.91. The van der Waals surface area contributed by atoms with E-state index in [1.54, 1.807) is 0 Å². The Morgan fingerprint density at radius 2 is 2.06 bits per heavy atom. The molecule has 7 nitrogen and oxygen atoms in total. The van der Waals surface area contributed by atoms with Crippen LogP contribution in [0.4, 0.5) is 3.89 Å². The van der Waals surface area contributed by atoms with Gasteiger partial charge in [0.1, 0.15) is 0 Å². The smallest absolute Gasteiger partial charge is 0.423 e. The average Bonchev–Trinajstić information content (AvgIpc) is 2.24. The molecule has 0 aromatic heterocycles. The standard InChI is InChI=1S/C7H7BFN3O4S/c9-17(15,16)7-2-5(4-11-12-10)1-6(3-7)8(13)14/h1-3,13-14H,4H2. The molecule has 0 heterocycles. The summed E-state index contributed by atoms with van der Waals surface area (Å²) >= 11 is 0. The highest BCUT2D eigenvalue weighted by Crippen LogP contribution is 2.14. The van der Waals surface area contributed by atoms with E-state index in [4.69, 9.17) is 15.6 Å². The van der Waals surface area contributed by atoms with Gasteiger partial charge in [-0.2, -0.15) is 8.42 Å². The van der Waals surface area contributed by atoms with Gasteiger partial charge < -0.3 is 10.0 Å². The lowest BCUT2D eigenvalue weighted by molar-refractivity contribution is 0.425. The lowest BCUT2D eigenvalue weighted by atomic mass is 9.79. The molecule has 1 aromatic carbocycles. The van der Waals surface area contributed by atoms with Crippen LogP contribution in [0.15, 0.2) is 28.2 Å². The monoisotopic (exact) mass is 259 g/mol. The Kier molecular flexibility index (Phi) is 4.08. The third-order valence-electron chi connectivity index (χ3n) is 1.88. The Morgan fingerprint density at radius 3 is 2.53 bits per heavy atom. The summed E-state index contributed by atoms with van der Waals surface area (Å²) in [6, 6.07) is 2.95. The molecule has 0 unspecified atom stereocenters. The molecule has 17 heavy (non-hydrogen) atoms. The number of halogens is 1. The first-order chi connectivity index (χ1) is 7.84. The fourth-order valence-corrected chi connectivity index (χ4v) is 1.75. The molecule has 0 fully saturated rings. The molecule has 0 bridgehead atoms. The zero-order chi connectivity index (χ0) is 13.1. The van der Waals surface area contributed by atoms with Crippen LogP contribution >= 0.6 is 0 Å². The Bertz CT molecular complexity index is 570. The molecular formula is C7H7BFN3O4S. The summed E-state index contributed by atoms with van der Waals surface area (Å²) in [5.41, 5.74) is 8.06. The number of hydrogen-bond acceptors (Lipinski definition) is 5. The van der Waals surface area contributed by atoms with Crippen LogP contribution in [0, 0.1) is 0 Å². The molecule has 0 aliphatic carbocycles. The number of benzene rings is 1. The Balaban J connectivity index is 3.33. The maximum atomic E-state index is 12.8. The van der Waals surface area contributed by atoms with Crippen molar-refractivity contribution in [1.82, 2.24) is 0 Å². The van der Waals surface area contributed by atoms with Crippen molar-refractivity contribution in [2.75, 3.05) is 0 Å². The van der Waals surface area contributed by atoms with E-state index in [0.29, 0.717) is 0 Å². The lowest BCUT2D eigenvalue weighted by Gasteiger charge is -2.05. The van der Waals surface area contributed by atoms with E-state index in [-0.39, 0.29) is 17.6 Å². The first-order valence-corrected chi connectivity index (χ1v) is 5.68. The summed E-state index contributed by atoms with van der Waals surface area (Å²) in [5.74, 6) is 0. The summed E-state index contributed by atoms with van der Waals surface area (Å²) < 4.78 is 34.2. The van der Waals surface area contributed by atoms with Crippen molar-refractivity contribution in [3.63, 3.8) is 0 Å². The molecule has 0 aliphatic heterocycles. The number of azide groups is 1. The van der Waals surface area contributed by atoms with Gasteiger partial charge in [-0.3, -0.25) is 0 Å². The van der Waals surface area contributed by atoms with Gasteiger partial charge in [-0.1, -0.05) is 11.2 Å². The van der Waals surface area contributed by atoms with Gasteiger partial charge in [-0.15, -0.1) is 3.89 Å². The average molecular weight is 259 g/mol. The van der Waals surface area contributed by atoms with Gasteiger partial charge in [0, 0.05) is 4.91 Å². The molecule has 0 atom stereocenters. The molecule has 0 radical (unpaired) electrons. The quantitative estimate of drug-likeness (QED) is 0.256. The van der Waals surface area contributed by atoms with Crippen molar-refractivity contribution in [3.05, 3.63) is 34.2 Å². The van der Waals surface area contributed by atoms with E-state index in [1.807, 2.05) is 0 Å². The van der Waals surface area contributed by atoms with Crippen LogP contribution in [0.25, 0.3) is 10.4 Å². The zero-order valence-corrected chi connectivity index (χ0v) is 9.17. The van der Waals surface area contributed by atoms with Gasteiger partial charge >= 0.3 is 17.3 Å². The lowest BCUT2D eigenvalue weighted by Crippen LogP contribution is -2.30. The summed E-state index contributed by atoms with van der Waals surface area (Å²) in [6.07, 6.45) is 0. The van der Waals surface area contributed by atoms with E-state index >= 15 is 0 Å². The van der Waals surface area contributed by atoms with Gasteiger partial charge in [0.15, 0.2) is 0 Å². The van der Waals surface area contributed by atoms with Crippen LogP contribution in [0.1, 0.15) is 5.56 Å². The molecule has 90 valence electrons. The number of hydrogen-bond donors (Lipinski definition) is 2. The van der Waals surface area contributed by atoms with E-state index in [9.17, 15) is 12.3 Å². The minimum absolute atomic E-state index is 0.157. The second-order valence-corrected chi connectivity index (χ2v) is 4.46. The Hall–Kier alpha value is -1.61. The first kappa shape index (κ1) is 13.5. The first-order valence-electron chi connectivity index (χ1n) is 4.30. The number of nitrogens with zero attached hydrogens (tertiary/aromatic N) is 3. The van der Waals surface area contributed by atoms with Crippen molar-refractivity contribution in [2.45, 2.75) is 11.4 Å². The van der Waals surface area contributed by atoms with E-state index in [0.717, 1.165) is 12.1 Å². The molecule has 0 saturated heterocycles. The minimum atomic E-state index is -4.96. The number of rotatable bonds is 4. The van der Waals surface area contributed by atoms with Crippen LogP contribution in [0.2, 0.25) is 0 Å². The van der Waals surface area contributed by atoms with Gasteiger partial charge in [0.05, 0.1) is 11.4 Å². The van der Waals surface area contributed by atoms with E-state index in [1.165, 1.54) is 6.07 Å². The molecule has 1 rings (SSSR count). The SMILES string of the molecule is [N-]=[N+]=NCc1cc(B(O)O)cc(S(=O)(=O)F)c1. The third-order valence-corrected chi connectivity index (χ3v) is 2.68. The molecule has 1 aromatic rings. The normalized spacial score (nSPS) is 10.8. The predicted molar refractivity (Wildman–Crippen MR) is 57.4 cm³/mol. The van der Waals surface area contributed by atoms with Crippen molar-refractivity contribution in [1.29, 1.82) is 0 Å². The largest absolute Gasteiger partial charge is 0.488 e. The minimum Gasteiger partial charge on any atom is -0.423 e.